The molecule has 0 bridgehead atoms. The van der Waals surface area contributed by atoms with Gasteiger partial charge in [-0.05, 0) is 37.5 Å². The Kier molecular flexibility index (Phi) is 74.1. The molecule has 17 nitrogen and oxygen atoms in total. The second kappa shape index (κ2) is 75.5. The molecule has 0 aromatic heterocycles. The van der Waals surface area contributed by atoms with Gasteiger partial charge in [-0.2, -0.15) is 0 Å². The number of esters is 4. The van der Waals surface area contributed by atoms with E-state index >= 15 is 0 Å². The summed E-state index contributed by atoms with van der Waals surface area (Å²) in [4.78, 5) is 73.2. The Morgan fingerprint density at radius 1 is 0.262 bits per heavy atom. The lowest BCUT2D eigenvalue weighted by Gasteiger charge is -2.21. The van der Waals surface area contributed by atoms with Crippen LogP contribution in [0.25, 0.3) is 0 Å². The first-order chi connectivity index (χ1) is 49.9. The number of aliphatic hydroxyl groups excluding tert-OH is 1. The largest absolute Gasteiger partial charge is 0.472 e. The first-order valence-electron chi connectivity index (χ1n) is 43.5. The molecule has 0 saturated carbocycles. The molecule has 2 unspecified atom stereocenters. The molecule has 612 valence electrons. The molecular weight excluding hydrogens is 1340 g/mol. The van der Waals surface area contributed by atoms with Gasteiger partial charge >= 0.3 is 39.5 Å². The Morgan fingerprint density at radius 2 is 0.447 bits per heavy atom. The van der Waals surface area contributed by atoms with Crippen LogP contribution < -0.4 is 0 Å². The molecule has 0 aromatic carbocycles. The smallest absolute Gasteiger partial charge is 0.462 e. The second-order valence-corrected chi connectivity index (χ2v) is 34.1. The minimum Gasteiger partial charge on any atom is -0.462 e. The summed E-state index contributed by atoms with van der Waals surface area (Å²) < 4.78 is 68.8. The van der Waals surface area contributed by atoms with Gasteiger partial charge in [0, 0.05) is 25.7 Å². The molecule has 5 atom stereocenters. The van der Waals surface area contributed by atoms with Gasteiger partial charge in [-0.15, -0.1) is 0 Å². The molecule has 0 radical (unpaired) electrons. The minimum absolute atomic E-state index is 0.108. The summed E-state index contributed by atoms with van der Waals surface area (Å²) in [5.74, 6) is -0.526. The van der Waals surface area contributed by atoms with Crippen molar-refractivity contribution < 1.29 is 80.2 Å². The van der Waals surface area contributed by atoms with Gasteiger partial charge in [0.15, 0.2) is 12.2 Å². The molecular formula is C84H164O17P2. The first kappa shape index (κ1) is 101. The lowest BCUT2D eigenvalue weighted by atomic mass is 10.0. The third-order valence-electron chi connectivity index (χ3n) is 19.7. The highest BCUT2D eigenvalue weighted by atomic mass is 31.2. The van der Waals surface area contributed by atoms with Gasteiger partial charge in [-0.3, -0.25) is 37.3 Å². The lowest BCUT2D eigenvalue weighted by Crippen LogP contribution is -2.30. The van der Waals surface area contributed by atoms with Crippen LogP contribution in [0.1, 0.15) is 446 Å². The number of carbonyl (C=O) groups is 4. The normalized spacial score (nSPS) is 13.9. The summed E-state index contributed by atoms with van der Waals surface area (Å²) in [7, 11) is -9.92. The number of rotatable bonds is 83. The Labute approximate surface area is 632 Å². The number of unbranched alkanes of at least 4 members (excludes halogenated alkanes) is 53. The molecule has 0 aliphatic heterocycles. The molecule has 0 heterocycles. The zero-order chi connectivity index (χ0) is 75.6. The van der Waals surface area contributed by atoms with Crippen molar-refractivity contribution in [3.8, 4) is 0 Å². The van der Waals surface area contributed by atoms with E-state index in [2.05, 4.69) is 41.5 Å². The monoisotopic (exact) mass is 1510 g/mol. The van der Waals surface area contributed by atoms with Gasteiger partial charge < -0.3 is 33.8 Å². The summed E-state index contributed by atoms with van der Waals surface area (Å²) in [6.45, 7) is 9.69. The SMILES string of the molecule is CCCCCCCCCCCCCCCCCCCCCCC(=O)O[C@H](COC(=O)CCCCCCCCCCCCCCCC(C)C)COP(=O)(O)OC[C@@H](O)COP(=O)(O)OC[C@@H](COC(=O)CCCCCCCCCCCCC)OC(=O)CCCCCCCCCCCCCCCC(C)C. The maximum atomic E-state index is 13.1. The van der Waals surface area contributed by atoms with E-state index in [1.165, 1.54) is 263 Å². The highest BCUT2D eigenvalue weighted by Crippen LogP contribution is 2.45. The number of phosphoric acid groups is 2. The summed E-state index contributed by atoms with van der Waals surface area (Å²) in [6.07, 6.45) is 66.5. The topological polar surface area (TPSA) is 237 Å². The molecule has 0 aromatic rings. The van der Waals surface area contributed by atoms with Gasteiger partial charge in [0.2, 0.25) is 0 Å². The highest BCUT2D eigenvalue weighted by molar-refractivity contribution is 7.47. The minimum atomic E-state index is -4.96. The maximum absolute atomic E-state index is 13.1. The molecule has 103 heavy (non-hydrogen) atoms. The molecule has 0 aliphatic rings. The van der Waals surface area contributed by atoms with Crippen molar-refractivity contribution >= 4 is 39.5 Å². The molecule has 0 rings (SSSR count). The van der Waals surface area contributed by atoms with Gasteiger partial charge in [0.25, 0.3) is 0 Å². The van der Waals surface area contributed by atoms with E-state index in [0.29, 0.717) is 25.7 Å². The number of carbonyl (C=O) groups excluding carboxylic acids is 4. The number of phosphoric ester groups is 2. The molecule has 3 N–H and O–H groups in total. The molecule has 0 spiro atoms. The molecule has 0 amide bonds. The summed E-state index contributed by atoms with van der Waals surface area (Å²) >= 11 is 0. The van der Waals surface area contributed by atoms with Crippen molar-refractivity contribution in [1.82, 2.24) is 0 Å². The van der Waals surface area contributed by atoms with E-state index in [0.717, 1.165) is 102 Å². The van der Waals surface area contributed by atoms with Crippen LogP contribution in [0, 0.1) is 11.8 Å². The Hall–Kier alpha value is -1.94. The maximum Gasteiger partial charge on any atom is 0.472 e. The fraction of sp³-hybridized carbons (Fsp3) is 0.952. The second-order valence-electron chi connectivity index (χ2n) is 31.2. The third kappa shape index (κ3) is 78.0. The summed E-state index contributed by atoms with van der Waals surface area (Å²) in [6, 6.07) is 0. The standard InChI is InChI=1S/C84H164O17P2/c1-7-9-11-13-15-17-19-20-21-22-23-24-25-26-31-38-44-50-56-62-68-83(88)101-80(73-95-82(87)67-61-55-49-43-37-32-27-29-35-40-46-52-58-64-76(3)4)75-99-103(92,93)97-71-78(85)70-96-102(90,91)98-74-79(72-94-81(86)66-60-54-48-42-34-18-16-14-12-10-8-2)100-84(89)69-63-57-51-45-39-33-28-30-36-41-47-53-59-65-77(5)6/h76-80,85H,7-75H2,1-6H3,(H,90,91)(H,92,93)/t78-,79+,80+/m0/s1. The van der Waals surface area contributed by atoms with Crippen molar-refractivity contribution in [1.29, 1.82) is 0 Å². The Morgan fingerprint density at radius 3 is 0.660 bits per heavy atom. The van der Waals surface area contributed by atoms with E-state index in [1.807, 2.05) is 0 Å². The van der Waals surface area contributed by atoms with Gasteiger partial charge in [-0.1, -0.05) is 395 Å². The van der Waals surface area contributed by atoms with Crippen molar-refractivity contribution in [2.24, 2.45) is 11.8 Å². The van der Waals surface area contributed by atoms with Crippen LogP contribution in [-0.2, 0) is 65.4 Å². The van der Waals surface area contributed by atoms with Gasteiger partial charge in [0.05, 0.1) is 26.4 Å². The highest BCUT2D eigenvalue weighted by Gasteiger charge is 2.30. The number of aliphatic hydroxyl groups is 1. The molecule has 19 heteroatoms. The fourth-order valence-corrected chi connectivity index (χ4v) is 14.6. The summed E-state index contributed by atoms with van der Waals surface area (Å²) in [5, 5.41) is 10.7. The molecule has 0 aliphatic carbocycles. The predicted molar refractivity (Wildman–Crippen MR) is 423 cm³/mol. The van der Waals surface area contributed by atoms with Crippen molar-refractivity contribution in [3.05, 3.63) is 0 Å². The van der Waals surface area contributed by atoms with Crippen LogP contribution >= 0.6 is 15.6 Å². The summed E-state index contributed by atoms with van der Waals surface area (Å²) in [5.41, 5.74) is 0. The van der Waals surface area contributed by atoms with Crippen molar-refractivity contribution in [2.75, 3.05) is 39.6 Å². The molecule has 0 saturated heterocycles. The third-order valence-corrected chi connectivity index (χ3v) is 21.6. The van der Waals surface area contributed by atoms with Crippen molar-refractivity contribution in [3.63, 3.8) is 0 Å². The van der Waals surface area contributed by atoms with E-state index in [-0.39, 0.29) is 25.7 Å². The number of ether oxygens (including phenoxy) is 4. The predicted octanol–water partition coefficient (Wildman–Crippen LogP) is 25.5. The number of hydrogen-bond acceptors (Lipinski definition) is 15. The van der Waals surface area contributed by atoms with Crippen LogP contribution in [0.5, 0.6) is 0 Å². The van der Waals surface area contributed by atoms with Crippen molar-refractivity contribution in [2.45, 2.75) is 464 Å². The molecule has 0 fully saturated rings. The lowest BCUT2D eigenvalue weighted by molar-refractivity contribution is -0.161. The Balaban J connectivity index is 5.24. The van der Waals surface area contributed by atoms with E-state index in [4.69, 9.17) is 37.0 Å². The van der Waals surface area contributed by atoms with Crippen LogP contribution in [0.4, 0.5) is 0 Å². The van der Waals surface area contributed by atoms with E-state index < -0.39 is 97.5 Å². The Bertz CT molecular complexity index is 1980. The zero-order valence-corrected chi connectivity index (χ0v) is 69.4. The van der Waals surface area contributed by atoms with E-state index in [9.17, 15) is 43.2 Å². The van der Waals surface area contributed by atoms with Crippen LogP contribution in [0.3, 0.4) is 0 Å². The average molecular weight is 1510 g/mol. The number of hydrogen-bond donors (Lipinski definition) is 3. The fourth-order valence-electron chi connectivity index (χ4n) is 13.1. The van der Waals surface area contributed by atoms with Gasteiger partial charge in [-0.25, -0.2) is 9.13 Å². The average Bonchev–Trinajstić information content (AvgIpc) is 0.928. The van der Waals surface area contributed by atoms with E-state index in [1.54, 1.807) is 0 Å². The van der Waals surface area contributed by atoms with Crippen LogP contribution in [0.2, 0.25) is 0 Å². The quantitative estimate of drug-likeness (QED) is 0.0222. The zero-order valence-electron chi connectivity index (χ0n) is 67.6. The van der Waals surface area contributed by atoms with Gasteiger partial charge in [0.1, 0.15) is 19.3 Å². The van der Waals surface area contributed by atoms with Crippen LogP contribution in [0.15, 0.2) is 0 Å². The first-order valence-corrected chi connectivity index (χ1v) is 46.5. The van der Waals surface area contributed by atoms with Crippen LogP contribution in [-0.4, -0.2) is 96.7 Å².